The van der Waals surface area contributed by atoms with Gasteiger partial charge in [0.05, 0.1) is 26.4 Å². The summed E-state index contributed by atoms with van der Waals surface area (Å²) < 4.78 is 104. The van der Waals surface area contributed by atoms with E-state index in [1.54, 1.807) is 0 Å². The second kappa shape index (κ2) is 21.2. The molecule has 0 saturated carbocycles. The van der Waals surface area contributed by atoms with E-state index in [9.17, 15) is 25.9 Å². The van der Waals surface area contributed by atoms with Crippen molar-refractivity contribution < 1.29 is 80.6 Å². The van der Waals surface area contributed by atoms with Gasteiger partial charge in [0.2, 0.25) is 11.6 Å². The number of ether oxygens (including phenoxy) is 5. The Morgan fingerprint density at radius 3 is 0.926 bits per heavy atom. The van der Waals surface area contributed by atoms with E-state index in [-0.39, 0.29) is 95.9 Å². The minimum Gasteiger partial charge on any atom is -1.00 e. The molecule has 11 nitrogen and oxygen atoms in total. The third kappa shape index (κ3) is 9.96. The van der Waals surface area contributed by atoms with E-state index in [1.165, 1.54) is 78.1 Å². The van der Waals surface area contributed by atoms with Gasteiger partial charge in [0.25, 0.3) is 20.2 Å². The molecule has 2 N–H and O–H groups in total. The number of rotatable bonds is 30. The van der Waals surface area contributed by atoms with Gasteiger partial charge < -0.3 is 25.1 Å². The molecule has 314 valence electrons. The number of hydrogen-bond donors (Lipinski definition) is 2. The van der Waals surface area contributed by atoms with E-state index in [0.29, 0.717) is 12.8 Å². The van der Waals surface area contributed by atoms with Crippen molar-refractivity contribution in [3.05, 3.63) is 0 Å². The molecular weight excluding hydrogens is 744 g/mol. The topological polar surface area (TPSA) is 155 Å². The minimum atomic E-state index is -4.70. The molecule has 4 aliphatic rings. The zero-order chi connectivity index (χ0) is 38.7. The standard InChI is InChI=1S/C40H74O11S2.Na.H/c1-5-7-9-11-13-15-17-19-21-23-25-35(3,52(41,42)43)37(27-31-47-37)39(29-33-49-39)51-40(30-34-50-40)38(28-32-48-38)36(4,53(44,45)46)26-24-22-20-18-16-14-12-10-8-6-2;;/h5-34H2,1-4H3,(H,41,42,43)(H,44,45,46);;/q;+1;-1. The molecule has 0 aromatic heterocycles. The molecule has 4 heterocycles. The Balaban J connectivity index is 0.00000523. The van der Waals surface area contributed by atoms with Crippen LogP contribution in [0.5, 0.6) is 0 Å². The van der Waals surface area contributed by atoms with Crippen LogP contribution in [0.3, 0.4) is 0 Å². The van der Waals surface area contributed by atoms with Crippen LogP contribution in [-0.2, 0) is 43.9 Å². The summed E-state index contributed by atoms with van der Waals surface area (Å²) in [5.41, 5.74) is -3.12. The first kappa shape index (κ1) is 49.0. The first-order chi connectivity index (χ1) is 25.2. The fourth-order valence-electron chi connectivity index (χ4n) is 9.64. The van der Waals surface area contributed by atoms with Gasteiger partial charge in [-0.3, -0.25) is 9.11 Å². The summed E-state index contributed by atoms with van der Waals surface area (Å²) in [5.74, 6) is -3.28. The molecule has 0 aromatic rings. The van der Waals surface area contributed by atoms with Crippen molar-refractivity contribution in [1.82, 2.24) is 0 Å². The molecule has 4 rings (SSSR count). The predicted octanol–water partition coefficient (Wildman–Crippen LogP) is 6.59. The van der Waals surface area contributed by atoms with E-state index in [1.807, 2.05) is 0 Å². The maximum absolute atomic E-state index is 13.4. The van der Waals surface area contributed by atoms with Crippen LogP contribution in [0, 0.1) is 0 Å². The summed E-state index contributed by atoms with van der Waals surface area (Å²) in [6.45, 7) is 8.53. The molecule has 0 radical (unpaired) electrons. The predicted molar refractivity (Wildman–Crippen MR) is 208 cm³/mol. The molecule has 0 bridgehead atoms. The molecule has 4 saturated heterocycles. The second-order valence-electron chi connectivity index (χ2n) is 16.9. The molecule has 0 amide bonds. The van der Waals surface area contributed by atoms with E-state index < -0.39 is 52.5 Å². The molecule has 0 aliphatic carbocycles. The summed E-state index contributed by atoms with van der Waals surface area (Å²) in [6.07, 6.45) is 23.0. The average molecular weight is 819 g/mol. The van der Waals surface area contributed by atoms with Crippen LogP contribution >= 0.6 is 0 Å². The van der Waals surface area contributed by atoms with Crippen LogP contribution in [-0.4, -0.2) is 84.6 Å². The van der Waals surface area contributed by atoms with Gasteiger partial charge in [0, 0.05) is 25.7 Å². The Morgan fingerprint density at radius 1 is 0.500 bits per heavy atom. The SMILES string of the molecule is CCCCCCCCCCCCC(C)(C1(C2(OC3(C4(C(C)(CCCCCCCCCCCC)S(=O)(=O)O)CCO4)CCO3)CCO2)CCO1)S(=O)(=O)O.[H-].[Na+]. The molecule has 6 atom stereocenters. The van der Waals surface area contributed by atoms with Crippen molar-refractivity contribution >= 4 is 20.2 Å². The molecule has 6 unspecified atom stereocenters. The molecule has 14 heteroatoms. The smallest absolute Gasteiger partial charge is 1.00 e. The summed E-state index contributed by atoms with van der Waals surface area (Å²) in [7, 11) is -9.39. The molecule has 0 spiro atoms. The third-order valence-electron chi connectivity index (χ3n) is 13.6. The van der Waals surface area contributed by atoms with Gasteiger partial charge in [-0.25, -0.2) is 0 Å². The van der Waals surface area contributed by atoms with Crippen molar-refractivity contribution in [3.8, 4) is 0 Å². The normalized spacial score (nSPS) is 30.5. The van der Waals surface area contributed by atoms with Gasteiger partial charge in [0.15, 0.2) is 0 Å². The fourth-order valence-corrected chi connectivity index (χ4v) is 11.9. The molecule has 54 heavy (non-hydrogen) atoms. The van der Waals surface area contributed by atoms with Crippen molar-refractivity contribution in [1.29, 1.82) is 0 Å². The van der Waals surface area contributed by atoms with Crippen LogP contribution in [0.4, 0.5) is 0 Å². The molecular formula is C40H75NaO11S2. The van der Waals surface area contributed by atoms with Gasteiger partial charge in [0.1, 0.15) is 20.7 Å². The Labute approximate surface area is 352 Å². The van der Waals surface area contributed by atoms with Crippen LogP contribution in [0.25, 0.3) is 0 Å². The van der Waals surface area contributed by atoms with Crippen molar-refractivity contribution in [2.75, 3.05) is 26.4 Å². The Hall–Kier alpha value is 0.620. The van der Waals surface area contributed by atoms with Gasteiger partial charge in [-0.15, -0.1) is 0 Å². The third-order valence-corrected chi connectivity index (χ3v) is 16.9. The summed E-state index contributed by atoms with van der Waals surface area (Å²) in [5, 5.41) is 0. The number of unbranched alkanes of at least 4 members (excludes halogenated alkanes) is 18. The largest absolute Gasteiger partial charge is 1.00 e. The number of hydrogen-bond acceptors (Lipinski definition) is 9. The summed E-state index contributed by atoms with van der Waals surface area (Å²) in [4.78, 5) is 0. The zero-order valence-corrected chi connectivity index (χ0v) is 38.2. The fraction of sp³-hybridized carbons (Fsp3) is 1.00. The summed E-state index contributed by atoms with van der Waals surface area (Å²) >= 11 is 0. The maximum Gasteiger partial charge on any atom is 1.00 e. The van der Waals surface area contributed by atoms with Crippen molar-refractivity contribution in [2.45, 2.75) is 227 Å². The van der Waals surface area contributed by atoms with E-state index in [2.05, 4.69) is 13.8 Å². The van der Waals surface area contributed by atoms with Crippen LogP contribution in [0.2, 0.25) is 0 Å². The molecule has 0 aromatic carbocycles. The van der Waals surface area contributed by atoms with Gasteiger partial charge in [-0.05, 0) is 26.7 Å². The Kier molecular flexibility index (Phi) is 19.3. The minimum absolute atomic E-state index is 0. The Bertz CT molecular complexity index is 1230. The monoisotopic (exact) mass is 818 g/mol. The first-order valence-corrected chi connectivity index (χ1v) is 24.2. The zero-order valence-electron chi connectivity index (χ0n) is 35.6. The van der Waals surface area contributed by atoms with Crippen LogP contribution in [0.1, 0.15) is 196 Å². The molecule has 4 aliphatic heterocycles. The van der Waals surface area contributed by atoms with Crippen LogP contribution < -0.4 is 29.6 Å². The van der Waals surface area contributed by atoms with Gasteiger partial charge in [-0.1, -0.05) is 142 Å². The summed E-state index contributed by atoms with van der Waals surface area (Å²) in [6, 6.07) is 0. The van der Waals surface area contributed by atoms with E-state index >= 15 is 0 Å². The van der Waals surface area contributed by atoms with E-state index in [0.717, 1.165) is 51.4 Å². The maximum atomic E-state index is 13.4. The van der Waals surface area contributed by atoms with Crippen molar-refractivity contribution in [2.24, 2.45) is 0 Å². The first-order valence-electron chi connectivity index (χ1n) is 21.4. The Morgan fingerprint density at radius 2 is 0.741 bits per heavy atom. The van der Waals surface area contributed by atoms with Crippen LogP contribution in [0.15, 0.2) is 0 Å². The molecule has 4 fully saturated rings. The van der Waals surface area contributed by atoms with E-state index in [4.69, 9.17) is 23.7 Å². The van der Waals surface area contributed by atoms with Crippen molar-refractivity contribution in [3.63, 3.8) is 0 Å². The quantitative estimate of drug-likeness (QED) is 0.0459. The van der Waals surface area contributed by atoms with Gasteiger partial charge >= 0.3 is 29.6 Å². The average Bonchev–Trinajstić information content (AvgIpc) is 3.01. The van der Waals surface area contributed by atoms with Gasteiger partial charge in [-0.2, -0.15) is 16.8 Å². The second-order valence-corrected chi connectivity index (χ2v) is 20.6.